The van der Waals surface area contributed by atoms with Crippen LogP contribution in [0.1, 0.15) is 31.2 Å². The number of methoxy groups -OCH3 is 1. The van der Waals surface area contributed by atoms with Gasteiger partial charge in [-0.1, -0.05) is 18.9 Å². The van der Waals surface area contributed by atoms with Crippen LogP contribution in [0.3, 0.4) is 0 Å². The average molecular weight is 431 g/mol. The summed E-state index contributed by atoms with van der Waals surface area (Å²) in [5.74, 6) is 0.690. The van der Waals surface area contributed by atoms with Gasteiger partial charge in [0.1, 0.15) is 11.5 Å². The lowest BCUT2D eigenvalue weighted by Gasteiger charge is -2.35. The van der Waals surface area contributed by atoms with E-state index in [1.54, 1.807) is 24.3 Å². The highest BCUT2D eigenvalue weighted by Gasteiger charge is 2.38. The van der Waals surface area contributed by atoms with Crippen molar-refractivity contribution in [3.05, 3.63) is 48.0 Å². The Bertz CT molecular complexity index is 1030. The number of benzene rings is 2. The van der Waals surface area contributed by atoms with Crippen molar-refractivity contribution < 1.29 is 22.7 Å². The Balaban J connectivity index is 1.67. The summed E-state index contributed by atoms with van der Waals surface area (Å²) in [5, 5.41) is 3.02. The van der Waals surface area contributed by atoms with Crippen LogP contribution in [0.2, 0.25) is 0 Å². The normalized spacial score (nSPS) is 19.1. The van der Waals surface area contributed by atoms with Crippen molar-refractivity contribution >= 4 is 21.6 Å². The number of anilines is 1. The van der Waals surface area contributed by atoms with Crippen molar-refractivity contribution in [1.29, 1.82) is 0 Å². The van der Waals surface area contributed by atoms with Crippen molar-refractivity contribution in [2.24, 2.45) is 0 Å². The SMILES string of the molecule is COc1ccc(S(=O)(=O)N2C[C@H](C(=O)NC3CCCC3)Oc3cc(C)ccc32)cc1. The Morgan fingerprint density at radius 2 is 1.83 bits per heavy atom. The first-order valence-corrected chi connectivity index (χ1v) is 11.6. The van der Waals surface area contributed by atoms with E-state index in [-0.39, 0.29) is 23.4 Å². The van der Waals surface area contributed by atoms with Gasteiger partial charge in [-0.2, -0.15) is 0 Å². The van der Waals surface area contributed by atoms with Gasteiger partial charge in [0, 0.05) is 6.04 Å². The molecule has 0 unspecified atom stereocenters. The van der Waals surface area contributed by atoms with E-state index in [4.69, 9.17) is 9.47 Å². The molecule has 1 aliphatic carbocycles. The summed E-state index contributed by atoms with van der Waals surface area (Å²) in [6, 6.07) is 11.7. The zero-order chi connectivity index (χ0) is 21.3. The molecule has 1 amide bonds. The van der Waals surface area contributed by atoms with Gasteiger partial charge in [0.15, 0.2) is 6.10 Å². The number of fused-ring (bicyclic) bond motifs is 1. The van der Waals surface area contributed by atoms with Crippen LogP contribution in [0.25, 0.3) is 0 Å². The molecule has 0 saturated heterocycles. The van der Waals surface area contributed by atoms with E-state index in [2.05, 4.69) is 5.32 Å². The molecule has 2 aromatic carbocycles. The van der Waals surface area contributed by atoms with E-state index >= 15 is 0 Å². The number of aryl methyl sites for hydroxylation is 1. The predicted octanol–water partition coefficient (Wildman–Crippen LogP) is 3.02. The summed E-state index contributed by atoms with van der Waals surface area (Å²) >= 11 is 0. The Hall–Kier alpha value is -2.74. The monoisotopic (exact) mass is 430 g/mol. The minimum Gasteiger partial charge on any atom is -0.497 e. The Morgan fingerprint density at radius 1 is 1.13 bits per heavy atom. The minimum absolute atomic E-state index is 0.0804. The number of amides is 1. The van der Waals surface area contributed by atoms with Gasteiger partial charge in [-0.25, -0.2) is 8.42 Å². The lowest BCUT2D eigenvalue weighted by atomic mass is 10.1. The Kier molecular flexibility index (Phi) is 5.60. The number of rotatable bonds is 5. The first kappa shape index (κ1) is 20.5. The standard InChI is InChI=1S/C22H26N2O5S/c1-15-7-12-19-20(13-15)29-21(22(25)23-16-5-3-4-6-16)14-24(19)30(26,27)18-10-8-17(28-2)9-11-18/h7-13,16,21H,3-6,14H2,1-2H3,(H,23,25)/t21-/m1/s1. The van der Waals surface area contributed by atoms with Crippen LogP contribution in [0.5, 0.6) is 11.5 Å². The summed E-state index contributed by atoms with van der Waals surface area (Å²) in [5.41, 5.74) is 1.36. The number of sulfonamides is 1. The summed E-state index contributed by atoms with van der Waals surface area (Å²) in [4.78, 5) is 13.0. The molecule has 1 fully saturated rings. The second-order valence-corrected chi connectivity index (χ2v) is 9.64. The third-order valence-corrected chi connectivity index (χ3v) is 7.42. The van der Waals surface area contributed by atoms with Gasteiger partial charge in [0.25, 0.3) is 15.9 Å². The average Bonchev–Trinajstić information content (AvgIpc) is 3.25. The molecule has 1 N–H and O–H groups in total. The molecule has 1 saturated carbocycles. The maximum absolute atomic E-state index is 13.4. The number of carbonyl (C=O) groups excluding carboxylic acids is 1. The number of nitrogens with zero attached hydrogens (tertiary/aromatic N) is 1. The molecule has 160 valence electrons. The molecule has 0 aromatic heterocycles. The minimum atomic E-state index is -3.89. The van der Waals surface area contributed by atoms with Crippen molar-refractivity contribution in [3.8, 4) is 11.5 Å². The lowest BCUT2D eigenvalue weighted by Crippen LogP contribution is -2.52. The molecular weight excluding hydrogens is 404 g/mol. The van der Waals surface area contributed by atoms with Gasteiger partial charge in [-0.3, -0.25) is 9.10 Å². The largest absolute Gasteiger partial charge is 0.497 e. The maximum atomic E-state index is 13.4. The zero-order valence-corrected chi connectivity index (χ0v) is 17.9. The lowest BCUT2D eigenvalue weighted by molar-refractivity contribution is -0.128. The van der Waals surface area contributed by atoms with Crippen LogP contribution >= 0.6 is 0 Å². The quantitative estimate of drug-likeness (QED) is 0.788. The molecule has 0 spiro atoms. The highest BCUT2D eigenvalue weighted by Crippen LogP contribution is 2.38. The third-order valence-electron chi connectivity index (χ3n) is 5.63. The fourth-order valence-corrected chi connectivity index (χ4v) is 5.44. The van der Waals surface area contributed by atoms with E-state index in [0.29, 0.717) is 17.2 Å². The number of carbonyl (C=O) groups is 1. The molecule has 2 aromatic rings. The molecule has 4 rings (SSSR count). The Morgan fingerprint density at radius 3 is 2.50 bits per heavy atom. The molecule has 0 bridgehead atoms. The molecule has 1 heterocycles. The summed E-state index contributed by atoms with van der Waals surface area (Å²) < 4.78 is 39.2. The second-order valence-electron chi connectivity index (χ2n) is 7.78. The van der Waals surface area contributed by atoms with Crippen LogP contribution < -0.4 is 19.1 Å². The molecule has 7 nitrogen and oxygen atoms in total. The molecule has 1 atom stereocenters. The summed E-state index contributed by atoms with van der Waals surface area (Å²) in [7, 11) is -2.36. The van der Waals surface area contributed by atoms with Crippen molar-refractivity contribution in [2.75, 3.05) is 18.0 Å². The van der Waals surface area contributed by atoms with Crippen LogP contribution in [0.4, 0.5) is 5.69 Å². The highest BCUT2D eigenvalue weighted by molar-refractivity contribution is 7.92. The van der Waals surface area contributed by atoms with E-state index in [1.165, 1.54) is 23.5 Å². The van der Waals surface area contributed by atoms with Gasteiger partial charge < -0.3 is 14.8 Å². The van der Waals surface area contributed by atoms with E-state index in [0.717, 1.165) is 31.2 Å². The van der Waals surface area contributed by atoms with Gasteiger partial charge >= 0.3 is 0 Å². The van der Waals surface area contributed by atoms with Crippen LogP contribution in [-0.4, -0.2) is 40.1 Å². The first-order valence-electron chi connectivity index (χ1n) is 10.1. The molecular formula is C22H26N2O5S. The fraction of sp³-hybridized carbons (Fsp3) is 0.409. The van der Waals surface area contributed by atoms with Gasteiger partial charge in [-0.15, -0.1) is 0 Å². The fourth-order valence-electron chi connectivity index (χ4n) is 3.96. The smallest absolute Gasteiger partial charge is 0.264 e. The maximum Gasteiger partial charge on any atom is 0.264 e. The number of hydrogen-bond acceptors (Lipinski definition) is 5. The predicted molar refractivity (Wildman–Crippen MR) is 114 cm³/mol. The number of ether oxygens (including phenoxy) is 2. The molecule has 8 heteroatoms. The third kappa shape index (κ3) is 3.96. The van der Waals surface area contributed by atoms with Crippen molar-refractivity contribution in [1.82, 2.24) is 5.32 Å². The summed E-state index contributed by atoms with van der Waals surface area (Å²) in [6.07, 6.45) is 3.17. The van der Waals surface area contributed by atoms with Crippen molar-refractivity contribution in [3.63, 3.8) is 0 Å². The molecule has 1 aliphatic heterocycles. The van der Waals surface area contributed by atoms with E-state index < -0.39 is 16.1 Å². The highest BCUT2D eigenvalue weighted by atomic mass is 32.2. The van der Waals surface area contributed by atoms with Crippen LogP contribution in [-0.2, 0) is 14.8 Å². The topological polar surface area (TPSA) is 84.9 Å². The van der Waals surface area contributed by atoms with E-state index in [9.17, 15) is 13.2 Å². The summed E-state index contributed by atoms with van der Waals surface area (Å²) in [6.45, 7) is 1.82. The Labute approximate surface area is 177 Å². The van der Waals surface area contributed by atoms with Crippen LogP contribution in [0, 0.1) is 6.92 Å². The van der Waals surface area contributed by atoms with Gasteiger partial charge in [0.05, 0.1) is 24.2 Å². The molecule has 2 aliphatic rings. The van der Waals surface area contributed by atoms with Crippen LogP contribution in [0.15, 0.2) is 47.4 Å². The van der Waals surface area contributed by atoms with Crippen molar-refractivity contribution in [2.45, 2.75) is 49.6 Å². The zero-order valence-electron chi connectivity index (χ0n) is 17.1. The number of hydrogen-bond donors (Lipinski definition) is 1. The molecule has 0 radical (unpaired) electrons. The van der Waals surface area contributed by atoms with E-state index in [1.807, 2.05) is 13.0 Å². The van der Waals surface area contributed by atoms with Gasteiger partial charge in [-0.05, 0) is 61.7 Å². The second kappa shape index (κ2) is 8.18. The first-order chi connectivity index (χ1) is 14.4. The number of nitrogens with one attached hydrogen (secondary N) is 1. The molecule has 30 heavy (non-hydrogen) atoms. The van der Waals surface area contributed by atoms with Gasteiger partial charge in [0.2, 0.25) is 0 Å².